The first kappa shape index (κ1) is 15.9. The molecule has 0 bridgehead atoms. The molecular formula is C12H17ClN2O3S. The zero-order valence-corrected chi connectivity index (χ0v) is 12.2. The standard InChI is InChI=1S/C12H17ClN2O3S/c1-10(13)12(16)14-7-8-19(17,18)15-9-11-5-3-2-4-6-11/h2-6,10,15H,7-9H2,1H3,(H,14,16). The van der Waals surface area contributed by atoms with Gasteiger partial charge in [-0.2, -0.15) is 0 Å². The molecule has 0 aliphatic heterocycles. The second-order valence-corrected chi connectivity index (χ2v) is 6.61. The number of nitrogens with one attached hydrogen (secondary N) is 2. The lowest BCUT2D eigenvalue weighted by Gasteiger charge is -2.08. The van der Waals surface area contributed by atoms with E-state index in [1.807, 2.05) is 30.3 Å². The molecule has 0 aliphatic carbocycles. The number of sulfonamides is 1. The fourth-order valence-electron chi connectivity index (χ4n) is 1.31. The van der Waals surface area contributed by atoms with Crippen LogP contribution in [0.4, 0.5) is 0 Å². The van der Waals surface area contributed by atoms with E-state index >= 15 is 0 Å². The number of halogens is 1. The molecule has 2 N–H and O–H groups in total. The number of amides is 1. The van der Waals surface area contributed by atoms with E-state index in [-0.39, 0.29) is 24.7 Å². The van der Waals surface area contributed by atoms with Gasteiger partial charge in [0, 0.05) is 13.1 Å². The minimum Gasteiger partial charge on any atom is -0.354 e. The molecule has 7 heteroatoms. The summed E-state index contributed by atoms with van der Waals surface area (Å²) in [7, 11) is -3.41. The zero-order chi connectivity index (χ0) is 14.3. The van der Waals surface area contributed by atoms with Crippen LogP contribution in [0.5, 0.6) is 0 Å². The number of carbonyl (C=O) groups is 1. The van der Waals surface area contributed by atoms with Crippen molar-refractivity contribution in [2.75, 3.05) is 12.3 Å². The van der Waals surface area contributed by atoms with Crippen LogP contribution in [0.1, 0.15) is 12.5 Å². The van der Waals surface area contributed by atoms with Crippen LogP contribution in [0.3, 0.4) is 0 Å². The van der Waals surface area contributed by atoms with E-state index in [2.05, 4.69) is 10.0 Å². The Morgan fingerprint density at radius 1 is 1.32 bits per heavy atom. The molecule has 0 radical (unpaired) electrons. The lowest BCUT2D eigenvalue weighted by Crippen LogP contribution is -2.36. The van der Waals surface area contributed by atoms with Crippen molar-refractivity contribution in [2.45, 2.75) is 18.8 Å². The highest BCUT2D eigenvalue weighted by Gasteiger charge is 2.12. The molecule has 106 valence electrons. The predicted octanol–water partition coefficient (Wildman–Crippen LogP) is 0.849. The number of carbonyl (C=O) groups excluding carboxylic acids is 1. The van der Waals surface area contributed by atoms with Gasteiger partial charge in [-0.3, -0.25) is 4.79 Å². The van der Waals surface area contributed by atoms with Crippen molar-refractivity contribution in [2.24, 2.45) is 0 Å². The molecule has 0 aliphatic rings. The molecule has 0 saturated carbocycles. The average Bonchev–Trinajstić information content (AvgIpc) is 2.37. The van der Waals surface area contributed by atoms with Gasteiger partial charge in [-0.25, -0.2) is 13.1 Å². The molecule has 1 rings (SSSR count). The summed E-state index contributed by atoms with van der Waals surface area (Å²) in [6.07, 6.45) is 0. The highest BCUT2D eigenvalue weighted by Crippen LogP contribution is 1.98. The maximum absolute atomic E-state index is 11.7. The van der Waals surface area contributed by atoms with Crippen LogP contribution < -0.4 is 10.0 Å². The Morgan fingerprint density at radius 2 is 1.95 bits per heavy atom. The fourth-order valence-corrected chi connectivity index (χ4v) is 2.29. The van der Waals surface area contributed by atoms with E-state index in [4.69, 9.17) is 11.6 Å². The topological polar surface area (TPSA) is 75.3 Å². The maximum Gasteiger partial charge on any atom is 0.237 e. The van der Waals surface area contributed by atoms with Crippen LogP contribution in [0, 0.1) is 0 Å². The van der Waals surface area contributed by atoms with E-state index < -0.39 is 15.4 Å². The van der Waals surface area contributed by atoms with E-state index in [9.17, 15) is 13.2 Å². The van der Waals surface area contributed by atoms with E-state index in [1.165, 1.54) is 6.92 Å². The Kier molecular flexibility index (Phi) is 6.27. The fraction of sp³-hybridized carbons (Fsp3) is 0.417. The lowest BCUT2D eigenvalue weighted by atomic mass is 10.2. The van der Waals surface area contributed by atoms with Gasteiger partial charge in [0.25, 0.3) is 0 Å². The van der Waals surface area contributed by atoms with Crippen LogP contribution >= 0.6 is 11.6 Å². The minimum atomic E-state index is -3.41. The number of benzene rings is 1. The van der Waals surface area contributed by atoms with Crippen LogP contribution in [0.2, 0.25) is 0 Å². The van der Waals surface area contributed by atoms with Gasteiger partial charge < -0.3 is 5.32 Å². The molecule has 1 unspecified atom stereocenters. The van der Waals surface area contributed by atoms with Gasteiger partial charge in [0.1, 0.15) is 5.38 Å². The largest absolute Gasteiger partial charge is 0.354 e. The molecule has 1 atom stereocenters. The molecule has 1 aromatic carbocycles. The van der Waals surface area contributed by atoms with Crippen molar-refractivity contribution >= 4 is 27.5 Å². The molecule has 5 nitrogen and oxygen atoms in total. The van der Waals surface area contributed by atoms with Gasteiger partial charge in [0.15, 0.2) is 0 Å². The summed E-state index contributed by atoms with van der Waals surface area (Å²) in [4.78, 5) is 11.1. The summed E-state index contributed by atoms with van der Waals surface area (Å²) in [6, 6.07) is 9.21. The molecule has 0 heterocycles. The first-order valence-electron chi connectivity index (χ1n) is 5.84. The maximum atomic E-state index is 11.7. The molecule has 1 aromatic rings. The zero-order valence-electron chi connectivity index (χ0n) is 10.6. The summed E-state index contributed by atoms with van der Waals surface area (Å²) in [6.45, 7) is 1.81. The van der Waals surface area contributed by atoms with Crippen molar-refractivity contribution in [3.63, 3.8) is 0 Å². The third kappa shape index (κ3) is 6.56. The van der Waals surface area contributed by atoms with Crippen molar-refractivity contribution in [3.8, 4) is 0 Å². The summed E-state index contributed by atoms with van der Waals surface area (Å²) >= 11 is 5.54. The Balaban J connectivity index is 2.34. The van der Waals surface area contributed by atoms with Crippen LogP contribution in [-0.2, 0) is 21.4 Å². The Hall–Kier alpha value is -1.11. The highest BCUT2D eigenvalue weighted by atomic mass is 35.5. The van der Waals surface area contributed by atoms with Gasteiger partial charge in [0.05, 0.1) is 5.75 Å². The molecule has 0 aromatic heterocycles. The molecule has 0 spiro atoms. The monoisotopic (exact) mass is 304 g/mol. The first-order chi connectivity index (χ1) is 8.91. The highest BCUT2D eigenvalue weighted by molar-refractivity contribution is 7.89. The Labute approximate surface area is 118 Å². The summed E-state index contributed by atoms with van der Waals surface area (Å²) < 4.78 is 25.8. The molecule has 0 fully saturated rings. The third-order valence-electron chi connectivity index (χ3n) is 2.37. The van der Waals surface area contributed by atoms with Crippen LogP contribution in [0.25, 0.3) is 0 Å². The Bertz CT molecular complexity index is 503. The van der Waals surface area contributed by atoms with Crippen molar-refractivity contribution in [3.05, 3.63) is 35.9 Å². The smallest absolute Gasteiger partial charge is 0.237 e. The second-order valence-electron chi connectivity index (χ2n) is 4.03. The van der Waals surface area contributed by atoms with Crippen LogP contribution in [-0.4, -0.2) is 32.0 Å². The number of alkyl halides is 1. The molecule has 19 heavy (non-hydrogen) atoms. The summed E-state index contributed by atoms with van der Waals surface area (Å²) in [5.41, 5.74) is 0.879. The normalized spacial score (nSPS) is 12.9. The SMILES string of the molecule is CC(Cl)C(=O)NCCS(=O)(=O)NCc1ccccc1. The average molecular weight is 305 g/mol. The quantitative estimate of drug-likeness (QED) is 0.733. The number of hydrogen-bond donors (Lipinski definition) is 2. The second kappa shape index (κ2) is 7.47. The summed E-state index contributed by atoms with van der Waals surface area (Å²) in [5.74, 6) is -0.547. The van der Waals surface area contributed by atoms with E-state index in [0.29, 0.717) is 0 Å². The number of hydrogen-bond acceptors (Lipinski definition) is 3. The Morgan fingerprint density at radius 3 is 2.53 bits per heavy atom. The molecule has 0 saturated heterocycles. The third-order valence-corrected chi connectivity index (χ3v) is 3.89. The van der Waals surface area contributed by atoms with Crippen LogP contribution in [0.15, 0.2) is 30.3 Å². The molecule has 1 amide bonds. The van der Waals surface area contributed by atoms with Gasteiger partial charge in [-0.1, -0.05) is 30.3 Å². The lowest BCUT2D eigenvalue weighted by molar-refractivity contribution is -0.120. The number of rotatable bonds is 7. The predicted molar refractivity (Wildman–Crippen MR) is 75.4 cm³/mol. The van der Waals surface area contributed by atoms with Gasteiger partial charge >= 0.3 is 0 Å². The van der Waals surface area contributed by atoms with Crippen molar-refractivity contribution < 1.29 is 13.2 Å². The molecular weight excluding hydrogens is 288 g/mol. The van der Waals surface area contributed by atoms with Gasteiger partial charge in [-0.05, 0) is 12.5 Å². The minimum absolute atomic E-state index is 0.0417. The van der Waals surface area contributed by atoms with Gasteiger partial charge in [0.2, 0.25) is 15.9 Å². The first-order valence-corrected chi connectivity index (χ1v) is 7.92. The summed E-state index contributed by atoms with van der Waals surface area (Å²) in [5, 5.41) is 1.78. The van der Waals surface area contributed by atoms with Crippen molar-refractivity contribution in [1.82, 2.24) is 10.0 Å². The van der Waals surface area contributed by atoms with Gasteiger partial charge in [-0.15, -0.1) is 11.6 Å². The van der Waals surface area contributed by atoms with E-state index in [1.54, 1.807) is 0 Å². The van der Waals surface area contributed by atoms with Crippen molar-refractivity contribution in [1.29, 1.82) is 0 Å². The van der Waals surface area contributed by atoms with E-state index in [0.717, 1.165) is 5.56 Å².